The van der Waals surface area contributed by atoms with Crippen molar-refractivity contribution in [3.05, 3.63) is 28.2 Å². The molecule has 0 saturated heterocycles. The van der Waals surface area contributed by atoms with Gasteiger partial charge in [-0.25, -0.2) is 0 Å². The molecule has 0 spiro atoms. The lowest BCUT2D eigenvalue weighted by molar-refractivity contribution is 0.828. The van der Waals surface area contributed by atoms with E-state index >= 15 is 0 Å². The summed E-state index contributed by atoms with van der Waals surface area (Å²) >= 11 is 3.40. The Kier molecular flexibility index (Phi) is 4.55. The molecule has 0 saturated carbocycles. The minimum Gasteiger partial charge on any atom is -0.398 e. The van der Waals surface area contributed by atoms with E-state index in [-0.39, 0.29) is 0 Å². The molecule has 2 heteroatoms. The van der Waals surface area contributed by atoms with Gasteiger partial charge in [-0.1, -0.05) is 41.1 Å². The average molecular weight is 252 g/mol. The summed E-state index contributed by atoms with van der Waals surface area (Å²) in [5.41, 5.74) is 7.44. The zero-order chi connectivity index (χ0) is 10.4. The van der Waals surface area contributed by atoms with E-state index in [2.05, 4.69) is 34.7 Å². The third-order valence-corrected chi connectivity index (χ3v) is 2.39. The SMILES string of the molecule is CCCCC#Cc1cc(Br)ccc1N. The standard InChI is InChI=1S/C12H14BrN/c1-2-3-4-5-6-10-9-11(13)7-8-12(10)14/h7-9H,2-4,14H2,1H3. The second kappa shape index (κ2) is 5.72. The van der Waals surface area contributed by atoms with Crippen LogP contribution in [0.2, 0.25) is 0 Å². The van der Waals surface area contributed by atoms with E-state index in [1.54, 1.807) is 0 Å². The number of halogens is 1. The van der Waals surface area contributed by atoms with Gasteiger partial charge in [-0.2, -0.15) is 0 Å². The molecule has 0 amide bonds. The van der Waals surface area contributed by atoms with Gasteiger partial charge in [0.25, 0.3) is 0 Å². The largest absolute Gasteiger partial charge is 0.398 e. The quantitative estimate of drug-likeness (QED) is 0.486. The summed E-state index contributed by atoms with van der Waals surface area (Å²) in [4.78, 5) is 0. The van der Waals surface area contributed by atoms with Crippen molar-refractivity contribution in [3.63, 3.8) is 0 Å². The Bertz CT molecular complexity index is 360. The lowest BCUT2D eigenvalue weighted by atomic mass is 10.2. The normalized spacial score (nSPS) is 9.29. The molecule has 0 heterocycles. The van der Waals surface area contributed by atoms with Gasteiger partial charge >= 0.3 is 0 Å². The zero-order valence-corrected chi connectivity index (χ0v) is 9.89. The van der Waals surface area contributed by atoms with E-state index in [0.717, 1.165) is 28.6 Å². The molecule has 0 aliphatic carbocycles. The first-order valence-corrected chi connectivity index (χ1v) is 5.57. The monoisotopic (exact) mass is 251 g/mol. The van der Waals surface area contributed by atoms with Crippen molar-refractivity contribution in [2.45, 2.75) is 26.2 Å². The Morgan fingerprint density at radius 2 is 2.21 bits per heavy atom. The lowest BCUT2D eigenvalue weighted by Gasteiger charge is -1.97. The number of nitrogen functional groups attached to an aromatic ring is 1. The van der Waals surface area contributed by atoms with Crippen LogP contribution in [0.3, 0.4) is 0 Å². The molecular formula is C12H14BrN. The topological polar surface area (TPSA) is 26.0 Å². The van der Waals surface area contributed by atoms with E-state index in [1.165, 1.54) is 6.42 Å². The van der Waals surface area contributed by atoms with Gasteiger partial charge < -0.3 is 5.73 Å². The van der Waals surface area contributed by atoms with Crippen LogP contribution in [-0.2, 0) is 0 Å². The molecule has 0 unspecified atom stereocenters. The van der Waals surface area contributed by atoms with E-state index in [4.69, 9.17) is 5.73 Å². The zero-order valence-electron chi connectivity index (χ0n) is 8.31. The van der Waals surface area contributed by atoms with Crippen molar-refractivity contribution in [1.29, 1.82) is 0 Å². The third-order valence-electron chi connectivity index (χ3n) is 1.89. The van der Waals surface area contributed by atoms with Gasteiger partial charge in [-0.3, -0.25) is 0 Å². The van der Waals surface area contributed by atoms with Crippen molar-refractivity contribution in [2.24, 2.45) is 0 Å². The molecular weight excluding hydrogens is 238 g/mol. The lowest BCUT2D eigenvalue weighted by Crippen LogP contribution is -1.89. The summed E-state index contributed by atoms with van der Waals surface area (Å²) in [5.74, 6) is 6.20. The number of hydrogen-bond acceptors (Lipinski definition) is 1. The fourth-order valence-corrected chi connectivity index (χ4v) is 1.42. The van der Waals surface area contributed by atoms with Crippen molar-refractivity contribution >= 4 is 21.6 Å². The van der Waals surface area contributed by atoms with Crippen LogP contribution in [0, 0.1) is 11.8 Å². The van der Waals surface area contributed by atoms with Crippen LogP contribution in [0.5, 0.6) is 0 Å². The highest BCUT2D eigenvalue weighted by Crippen LogP contribution is 2.17. The molecule has 74 valence electrons. The molecule has 14 heavy (non-hydrogen) atoms. The number of nitrogens with two attached hydrogens (primary N) is 1. The Morgan fingerprint density at radius 3 is 2.93 bits per heavy atom. The minimum absolute atomic E-state index is 0.747. The highest BCUT2D eigenvalue weighted by atomic mass is 79.9. The first kappa shape index (κ1) is 11.1. The summed E-state index contributed by atoms with van der Waals surface area (Å²) in [5, 5.41) is 0. The second-order valence-electron chi connectivity index (χ2n) is 3.14. The van der Waals surface area contributed by atoms with Crippen LogP contribution < -0.4 is 5.73 Å². The Hall–Kier alpha value is -0.940. The molecule has 1 nitrogen and oxygen atoms in total. The number of unbranched alkanes of at least 4 members (excludes halogenated alkanes) is 2. The molecule has 0 atom stereocenters. The molecule has 0 radical (unpaired) electrons. The van der Waals surface area contributed by atoms with Gasteiger partial charge in [-0.05, 0) is 24.6 Å². The Morgan fingerprint density at radius 1 is 1.43 bits per heavy atom. The molecule has 0 bridgehead atoms. The molecule has 0 aliphatic rings. The van der Waals surface area contributed by atoms with Crippen LogP contribution in [0.1, 0.15) is 31.7 Å². The van der Waals surface area contributed by atoms with Gasteiger partial charge in [0.05, 0.1) is 0 Å². The maximum atomic E-state index is 5.78. The van der Waals surface area contributed by atoms with E-state index < -0.39 is 0 Å². The van der Waals surface area contributed by atoms with E-state index in [1.807, 2.05) is 18.2 Å². The molecule has 0 aliphatic heterocycles. The number of benzene rings is 1. The molecule has 0 fully saturated rings. The van der Waals surface area contributed by atoms with Crippen LogP contribution in [0.15, 0.2) is 22.7 Å². The smallest absolute Gasteiger partial charge is 0.0486 e. The highest BCUT2D eigenvalue weighted by Gasteiger charge is 1.95. The molecule has 1 aromatic carbocycles. The number of anilines is 1. The first-order chi connectivity index (χ1) is 6.74. The van der Waals surface area contributed by atoms with E-state index in [9.17, 15) is 0 Å². The fraction of sp³-hybridized carbons (Fsp3) is 0.333. The molecule has 1 aromatic rings. The number of hydrogen-bond donors (Lipinski definition) is 1. The predicted octanol–water partition coefficient (Wildman–Crippen LogP) is 3.57. The first-order valence-electron chi connectivity index (χ1n) is 4.78. The van der Waals surface area contributed by atoms with Gasteiger partial charge in [0.2, 0.25) is 0 Å². The van der Waals surface area contributed by atoms with E-state index in [0.29, 0.717) is 0 Å². The maximum Gasteiger partial charge on any atom is 0.0486 e. The van der Waals surface area contributed by atoms with Crippen molar-refractivity contribution in [1.82, 2.24) is 0 Å². The van der Waals surface area contributed by atoms with Gasteiger partial charge in [0, 0.05) is 22.1 Å². The van der Waals surface area contributed by atoms with Crippen molar-refractivity contribution in [2.75, 3.05) is 5.73 Å². The minimum atomic E-state index is 0.747. The van der Waals surface area contributed by atoms with Crippen LogP contribution in [-0.4, -0.2) is 0 Å². The summed E-state index contributed by atoms with van der Waals surface area (Å²) < 4.78 is 1.02. The van der Waals surface area contributed by atoms with Gasteiger partial charge in [0.15, 0.2) is 0 Å². The Labute approximate surface area is 93.8 Å². The summed E-state index contributed by atoms with van der Waals surface area (Å²) in [6.45, 7) is 2.16. The van der Waals surface area contributed by atoms with Crippen molar-refractivity contribution in [3.8, 4) is 11.8 Å². The average Bonchev–Trinajstić information content (AvgIpc) is 2.18. The maximum absolute atomic E-state index is 5.78. The van der Waals surface area contributed by atoms with Crippen molar-refractivity contribution < 1.29 is 0 Å². The highest BCUT2D eigenvalue weighted by molar-refractivity contribution is 9.10. The Balaban J connectivity index is 2.73. The number of rotatable bonds is 2. The summed E-state index contributed by atoms with van der Waals surface area (Å²) in [6, 6.07) is 5.74. The predicted molar refractivity (Wildman–Crippen MR) is 65.0 cm³/mol. The summed E-state index contributed by atoms with van der Waals surface area (Å²) in [7, 11) is 0. The van der Waals surface area contributed by atoms with Crippen LogP contribution in [0.4, 0.5) is 5.69 Å². The van der Waals surface area contributed by atoms with Gasteiger partial charge in [0.1, 0.15) is 0 Å². The third kappa shape index (κ3) is 3.43. The van der Waals surface area contributed by atoms with Crippen LogP contribution >= 0.6 is 15.9 Å². The van der Waals surface area contributed by atoms with Gasteiger partial charge in [-0.15, -0.1) is 0 Å². The summed E-state index contributed by atoms with van der Waals surface area (Å²) in [6.07, 6.45) is 3.28. The molecule has 0 aromatic heterocycles. The second-order valence-corrected chi connectivity index (χ2v) is 4.05. The fourth-order valence-electron chi connectivity index (χ4n) is 1.06. The van der Waals surface area contributed by atoms with Crippen LogP contribution in [0.25, 0.3) is 0 Å². The molecule has 2 N–H and O–H groups in total. The molecule has 1 rings (SSSR count).